The highest BCUT2D eigenvalue weighted by Crippen LogP contribution is 2.52. The second-order valence-corrected chi connectivity index (χ2v) is 10.2. The minimum absolute atomic E-state index is 0.160. The number of fused-ring (bicyclic) bond motifs is 1. The van der Waals surface area contributed by atoms with Gasteiger partial charge in [0.1, 0.15) is 12.2 Å². The van der Waals surface area contributed by atoms with Crippen LogP contribution in [0.1, 0.15) is 48.8 Å². The van der Waals surface area contributed by atoms with E-state index in [1.165, 1.54) is 12.0 Å². The Kier molecular flexibility index (Phi) is 4.70. The fraction of sp³-hybridized carbons (Fsp3) is 0.407. The van der Waals surface area contributed by atoms with E-state index in [9.17, 15) is 0 Å². The zero-order valence-corrected chi connectivity index (χ0v) is 19.5. The van der Waals surface area contributed by atoms with Gasteiger partial charge in [-0.1, -0.05) is 31.2 Å². The van der Waals surface area contributed by atoms with E-state index in [4.69, 9.17) is 0 Å². The van der Waals surface area contributed by atoms with Gasteiger partial charge >= 0.3 is 0 Å². The molecule has 1 aliphatic carbocycles. The van der Waals surface area contributed by atoms with Crippen LogP contribution in [0.5, 0.6) is 0 Å². The molecule has 1 N–H and O–H groups in total. The number of aromatic nitrogens is 4. The Morgan fingerprint density at radius 3 is 2.67 bits per heavy atom. The molecule has 0 bridgehead atoms. The average molecular weight is 444 g/mol. The number of rotatable bonds is 5. The quantitative estimate of drug-likeness (QED) is 0.453. The van der Waals surface area contributed by atoms with Crippen LogP contribution in [-0.2, 0) is 19.0 Å². The molecule has 1 saturated heterocycles. The molecule has 0 amide bonds. The van der Waals surface area contributed by atoms with Crippen LogP contribution in [0, 0.1) is 18.7 Å². The molecule has 6 rings (SSSR count). The predicted molar refractivity (Wildman–Crippen MR) is 129 cm³/mol. The molecule has 0 radical (unpaired) electrons. The summed E-state index contributed by atoms with van der Waals surface area (Å²) in [6.45, 7) is 7.46. The lowest BCUT2D eigenvalue weighted by atomic mass is 9.58. The first-order valence-electron chi connectivity index (χ1n) is 11.9. The molecular formula is C27H30FN5. The van der Waals surface area contributed by atoms with Gasteiger partial charge < -0.3 is 9.55 Å². The topological polar surface area (TPSA) is 49.7 Å². The molecule has 3 heterocycles. The van der Waals surface area contributed by atoms with Gasteiger partial charge in [0.15, 0.2) is 5.82 Å². The highest BCUT2D eigenvalue weighted by atomic mass is 19.1. The van der Waals surface area contributed by atoms with Crippen LogP contribution < -0.4 is 0 Å². The normalized spacial score (nSPS) is 23.0. The summed E-state index contributed by atoms with van der Waals surface area (Å²) in [4.78, 5) is 5.76. The Balaban J connectivity index is 1.43. The van der Waals surface area contributed by atoms with Crippen molar-refractivity contribution in [1.29, 1.82) is 0 Å². The Bertz CT molecular complexity index is 1340. The molecule has 4 aromatic rings. The number of nitrogens with one attached hydrogen (secondary N) is 1. The Morgan fingerprint density at radius 1 is 1.18 bits per heavy atom. The van der Waals surface area contributed by atoms with Crippen molar-refractivity contribution < 1.29 is 4.39 Å². The van der Waals surface area contributed by atoms with Gasteiger partial charge in [-0.2, -0.15) is 0 Å². The van der Waals surface area contributed by atoms with E-state index < -0.39 is 0 Å². The van der Waals surface area contributed by atoms with Crippen LogP contribution >= 0.6 is 0 Å². The molecule has 2 aliphatic rings. The van der Waals surface area contributed by atoms with E-state index in [-0.39, 0.29) is 11.2 Å². The second kappa shape index (κ2) is 7.52. The summed E-state index contributed by atoms with van der Waals surface area (Å²) in [5, 5.41) is 9.58. The number of hydrogen-bond donors (Lipinski definition) is 1. The van der Waals surface area contributed by atoms with E-state index in [2.05, 4.69) is 58.2 Å². The van der Waals surface area contributed by atoms with E-state index >= 15 is 4.39 Å². The van der Waals surface area contributed by atoms with Crippen LogP contribution in [0.3, 0.4) is 0 Å². The summed E-state index contributed by atoms with van der Waals surface area (Å²) in [6.07, 6.45) is 5.08. The number of likely N-dealkylation sites (tertiary alicyclic amines) is 1. The van der Waals surface area contributed by atoms with E-state index in [0.29, 0.717) is 17.0 Å². The molecule has 1 saturated carbocycles. The van der Waals surface area contributed by atoms with Crippen molar-refractivity contribution in [3.8, 4) is 11.1 Å². The minimum atomic E-state index is -0.169. The lowest BCUT2D eigenvalue weighted by Gasteiger charge is -2.46. The number of aromatic amines is 1. The average Bonchev–Trinajstić information content (AvgIpc) is 3.38. The van der Waals surface area contributed by atoms with Crippen LogP contribution in [0.15, 0.2) is 42.7 Å². The molecule has 5 nitrogen and oxygen atoms in total. The predicted octanol–water partition coefficient (Wildman–Crippen LogP) is 5.33. The van der Waals surface area contributed by atoms with Gasteiger partial charge in [-0.3, -0.25) is 4.90 Å². The third-order valence-corrected chi connectivity index (χ3v) is 7.72. The van der Waals surface area contributed by atoms with Crippen molar-refractivity contribution in [3.05, 3.63) is 71.2 Å². The van der Waals surface area contributed by atoms with Crippen molar-refractivity contribution in [3.63, 3.8) is 0 Å². The maximum atomic E-state index is 15.8. The first-order chi connectivity index (χ1) is 15.9. The lowest BCUT2D eigenvalue weighted by Crippen LogP contribution is -2.43. The monoisotopic (exact) mass is 443 g/mol. The summed E-state index contributed by atoms with van der Waals surface area (Å²) in [5.41, 5.74) is 5.39. The van der Waals surface area contributed by atoms with Crippen molar-refractivity contribution >= 4 is 10.9 Å². The highest BCUT2D eigenvalue weighted by molar-refractivity contribution is 5.89. The molecular weight excluding hydrogens is 413 g/mol. The van der Waals surface area contributed by atoms with Crippen LogP contribution in [0.4, 0.5) is 4.39 Å². The van der Waals surface area contributed by atoms with Crippen molar-refractivity contribution in [1.82, 2.24) is 24.6 Å². The number of benzene rings is 2. The van der Waals surface area contributed by atoms with Gasteiger partial charge in [0.2, 0.25) is 0 Å². The highest BCUT2D eigenvalue weighted by Gasteiger charge is 2.48. The van der Waals surface area contributed by atoms with Gasteiger partial charge in [-0.15, -0.1) is 10.2 Å². The maximum Gasteiger partial charge on any atom is 0.155 e. The van der Waals surface area contributed by atoms with Crippen molar-refractivity contribution in [2.24, 2.45) is 13.0 Å². The van der Waals surface area contributed by atoms with Gasteiger partial charge in [0, 0.05) is 30.2 Å². The molecule has 2 fully saturated rings. The summed E-state index contributed by atoms with van der Waals surface area (Å²) < 4.78 is 17.9. The number of halogens is 1. The summed E-state index contributed by atoms with van der Waals surface area (Å²) in [6, 6.07) is 12.5. The summed E-state index contributed by atoms with van der Waals surface area (Å²) in [5.74, 6) is 1.45. The van der Waals surface area contributed by atoms with E-state index in [0.717, 1.165) is 60.5 Å². The standard InChI is InChI=1S/C27H30FN5/c1-17-13-27(14-17,26-31-29-16-32(26)3)20-7-4-6-19(11-20)23-10-18(2)22-12-21(15-33-8-5-9-33)30-25(22)24(23)28/h4,6-7,10-12,16-17,30H,5,8-9,13-15H2,1-3H3. The second-order valence-electron chi connectivity index (χ2n) is 10.2. The molecule has 2 aromatic carbocycles. The smallest absolute Gasteiger partial charge is 0.155 e. The maximum absolute atomic E-state index is 15.8. The number of H-pyrrole nitrogens is 1. The molecule has 1 aliphatic heterocycles. The molecule has 0 atom stereocenters. The summed E-state index contributed by atoms with van der Waals surface area (Å²) >= 11 is 0. The first-order valence-corrected chi connectivity index (χ1v) is 11.9. The van der Waals surface area contributed by atoms with Gasteiger partial charge in [0.05, 0.1) is 10.9 Å². The Labute approximate surface area is 193 Å². The molecule has 0 unspecified atom stereocenters. The van der Waals surface area contributed by atoms with Gasteiger partial charge in [0.25, 0.3) is 0 Å². The zero-order chi connectivity index (χ0) is 22.7. The Morgan fingerprint density at radius 2 is 2.00 bits per heavy atom. The molecule has 6 heteroatoms. The fourth-order valence-electron chi connectivity index (χ4n) is 5.94. The fourth-order valence-corrected chi connectivity index (χ4v) is 5.94. The third kappa shape index (κ3) is 3.22. The SMILES string of the molecule is Cc1cc(-c2cccc(C3(c4nncn4C)CC(C)C3)c2)c(F)c2[nH]c(CN3CCC3)cc12. The zero-order valence-electron chi connectivity index (χ0n) is 19.5. The first kappa shape index (κ1) is 20.6. The lowest BCUT2D eigenvalue weighted by molar-refractivity contribution is 0.171. The van der Waals surface area contributed by atoms with Crippen molar-refractivity contribution in [2.75, 3.05) is 13.1 Å². The van der Waals surface area contributed by atoms with E-state index in [1.807, 2.05) is 23.7 Å². The van der Waals surface area contributed by atoms with E-state index in [1.54, 1.807) is 6.33 Å². The minimum Gasteiger partial charge on any atom is -0.355 e. The van der Waals surface area contributed by atoms with Crippen LogP contribution in [0.25, 0.3) is 22.0 Å². The molecule has 2 aromatic heterocycles. The number of hydrogen-bond acceptors (Lipinski definition) is 3. The molecule has 0 spiro atoms. The van der Waals surface area contributed by atoms with Gasteiger partial charge in [-0.25, -0.2) is 4.39 Å². The Hall–Kier alpha value is -2.99. The molecule has 170 valence electrons. The van der Waals surface area contributed by atoms with Gasteiger partial charge in [-0.05, 0) is 74.0 Å². The number of aryl methyl sites for hydroxylation is 2. The largest absolute Gasteiger partial charge is 0.355 e. The number of nitrogens with zero attached hydrogens (tertiary/aromatic N) is 4. The van der Waals surface area contributed by atoms with Crippen molar-refractivity contribution in [2.45, 2.75) is 45.1 Å². The van der Waals surface area contributed by atoms with Crippen LogP contribution in [-0.4, -0.2) is 37.7 Å². The summed E-state index contributed by atoms with van der Waals surface area (Å²) in [7, 11) is 2.00. The van der Waals surface area contributed by atoms with Crippen LogP contribution in [0.2, 0.25) is 0 Å². The molecule has 33 heavy (non-hydrogen) atoms. The third-order valence-electron chi connectivity index (χ3n) is 7.72.